The molecule has 3 heteroatoms. The summed E-state index contributed by atoms with van der Waals surface area (Å²) in [5.41, 5.74) is 0. The van der Waals surface area contributed by atoms with Crippen LogP contribution in [0, 0.1) is 0 Å². The molecule has 12 heavy (non-hydrogen) atoms. The van der Waals surface area contributed by atoms with Gasteiger partial charge in [-0.15, -0.1) is 0 Å². The van der Waals surface area contributed by atoms with Gasteiger partial charge in [0.25, 0.3) is 0 Å². The summed E-state index contributed by atoms with van der Waals surface area (Å²) in [7, 11) is 0. The standard InChI is InChI=1S/C9H19N2O/c1-8-6-11(4-3-5-12)7-9(2)10-8/h8-10H,3-7H2,1-2H3/t8-,9+. The van der Waals surface area contributed by atoms with Crippen LogP contribution in [0.25, 0.3) is 0 Å². The summed E-state index contributed by atoms with van der Waals surface area (Å²) in [5, 5.41) is 13.8. The lowest BCUT2D eigenvalue weighted by Gasteiger charge is -2.35. The van der Waals surface area contributed by atoms with Crippen molar-refractivity contribution in [1.29, 1.82) is 0 Å². The van der Waals surface area contributed by atoms with E-state index >= 15 is 0 Å². The van der Waals surface area contributed by atoms with Crippen molar-refractivity contribution >= 4 is 0 Å². The molecule has 1 saturated heterocycles. The number of hydrogen-bond acceptors (Lipinski definition) is 2. The fourth-order valence-electron chi connectivity index (χ4n) is 1.91. The maximum Gasteiger partial charge on any atom is 0.0834 e. The minimum absolute atomic E-state index is 0.0622. The van der Waals surface area contributed by atoms with Crippen molar-refractivity contribution in [3.63, 3.8) is 0 Å². The van der Waals surface area contributed by atoms with E-state index < -0.39 is 0 Å². The molecule has 1 N–H and O–H groups in total. The largest absolute Gasteiger partial charge is 0.309 e. The molecule has 1 fully saturated rings. The molecule has 71 valence electrons. The zero-order valence-corrected chi connectivity index (χ0v) is 8.05. The molecule has 1 radical (unpaired) electrons. The predicted octanol–water partition coefficient (Wildman–Crippen LogP) is 0.489. The molecule has 3 nitrogen and oxygen atoms in total. The molecule has 2 atom stereocenters. The van der Waals surface area contributed by atoms with Gasteiger partial charge in [-0.2, -0.15) is 0 Å². The first-order valence-electron chi connectivity index (χ1n) is 4.79. The lowest BCUT2D eigenvalue weighted by molar-refractivity contribution is 0.136. The van der Waals surface area contributed by atoms with E-state index in [4.69, 9.17) is 0 Å². The van der Waals surface area contributed by atoms with Crippen molar-refractivity contribution in [2.75, 3.05) is 26.2 Å². The van der Waals surface area contributed by atoms with E-state index in [-0.39, 0.29) is 6.61 Å². The summed E-state index contributed by atoms with van der Waals surface area (Å²) in [6.45, 7) is 7.60. The van der Waals surface area contributed by atoms with E-state index in [2.05, 4.69) is 24.1 Å². The molecule has 1 rings (SSSR count). The highest BCUT2D eigenvalue weighted by Crippen LogP contribution is 2.03. The topological polar surface area (TPSA) is 35.2 Å². The van der Waals surface area contributed by atoms with Crippen LogP contribution in [0.4, 0.5) is 0 Å². The third kappa shape index (κ3) is 3.09. The molecule has 0 aromatic carbocycles. The predicted molar refractivity (Wildman–Crippen MR) is 48.7 cm³/mol. The SMILES string of the molecule is C[C@@H]1CN(CCC[O])C[C@H](C)N1. The smallest absolute Gasteiger partial charge is 0.0834 e. The summed E-state index contributed by atoms with van der Waals surface area (Å²) < 4.78 is 0. The number of piperazine rings is 1. The molecular formula is C9H19N2O. The fourth-order valence-corrected chi connectivity index (χ4v) is 1.91. The normalized spacial score (nSPS) is 32.2. The maximum atomic E-state index is 10.3. The monoisotopic (exact) mass is 171 g/mol. The molecular weight excluding hydrogens is 152 g/mol. The van der Waals surface area contributed by atoms with E-state index in [1.165, 1.54) is 0 Å². The molecule has 1 heterocycles. The minimum Gasteiger partial charge on any atom is -0.309 e. The average Bonchev–Trinajstić information content (AvgIpc) is 1.99. The van der Waals surface area contributed by atoms with Gasteiger partial charge in [0.1, 0.15) is 0 Å². The van der Waals surface area contributed by atoms with Gasteiger partial charge in [0.05, 0.1) is 6.61 Å². The van der Waals surface area contributed by atoms with Crippen LogP contribution in [-0.2, 0) is 5.11 Å². The molecule has 1 aliphatic rings. The molecule has 0 aromatic heterocycles. The van der Waals surface area contributed by atoms with Gasteiger partial charge >= 0.3 is 0 Å². The zero-order chi connectivity index (χ0) is 8.97. The molecule has 0 spiro atoms. The van der Waals surface area contributed by atoms with E-state index in [1.807, 2.05) is 0 Å². The van der Waals surface area contributed by atoms with Crippen LogP contribution in [0.1, 0.15) is 20.3 Å². The molecule has 0 bridgehead atoms. The lowest BCUT2D eigenvalue weighted by Crippen LogP contribution is -2.54. The van der Waals surface area contributed by atoms with E-state index in [0.717, 1.165) is 26.1 Å². The van der Waals surface area contributed by atoms with Crippen molar-refractivity contribution in [1.82, 2.24) is 10.2 Å². The van der Waals surface area contributed by atoms with Crippen molar-refractivity contribution in [3.8, 4) is 0 Å². The van der Waals surface area contributed by atoms with Crippen LogP contribution in [0.5, 0.6) is 0 Å². The molecule has 0 unspecified atom stereocenters. The fraction of sp³-hybridized carbons (Fsp3) is 1.00. The Morgan fingerprint density at radius 1 is 1.33 bits per heavy atom. The first-order chi connectivity index (χ1) is 5.72. The number of hydrogen-bond donors (Lipinski definition) is 1. The highest BCUT2D eigenvalue weighted by Gasteiger charge is 2.19. The van der Waals surface area contributed by atoms with Gasteiger partial charge in [-0.05, 0) is 20.3 Å². The Hall–Kier alpha value is -0.120. The highest BCUT2D eigenvalue weighted by molar-refractivity contribution is 4.80. The van der Waals surface area contributed by atoms with Gasteiger partial charge in [-0.3, -0.25) is 0 Å². The first-order valence-corrected chi connectivity index (χ1v) is 4.79. The van der Waals surface area contributed by atoms with Crippen molar-refractivity contribution in [2.45, 2.75) is 32.4 Å². The van der Waals surface area contributed by atoms with Gasteiger partial charge in [-0.1, -0.05) is 0 Å². The third-order valence-electron chi connectivity index (χ3n) is 2.25. The Morgan fingerprint density at radius 3 is 2.42 bits per heavy atom. The number of nitrogens with zero attached hydrogens (tertiary/aromatic N) is 1. The zero-order valence-electron chi connectivity index (χ0n) is 8.05. The quantitative estimate of drug-likeness (QED) is 0.670. The van der Waals surface area contributed by atoms with Gasteiger partial charge < -0.3 is 10.2 Å². The first kappa shape index (κ1) is 9.96. The van der Waals surface area contributed by atoms with E-state index in [9.17, 15) is 5.11 Å². The van der Waals surface area contributed by atoms with Gasteiger partial charge in [0, 0.05) is 31.7 Å². The average molecular weight is 171 g/mol. The Morgan fingerprint density at radius 2 is 1.92 bits per heavy atom. The van der Waals surface area contributed by atoms with Crippen LogP contribution in [-0.4, -0.2) is 43.2 Å². The summed E-state index contributed by atoms with van der Waals surface area (Å²) in [6, 6.07) is 1.14. The number of rotatable bonds is 3. The Bertz CT molecular complexity index is 120. The molecule has 0 saturated carbocycles. The molecule has 1 aliphatic heterocycles. The van der Waals surface area contributed by atoms with Gasteiger partial charge in [-0.25, -0.2) is 5.11 Å². The Kier molecular flexibility index (Phi) is 3.98. The molecule has 0 aromatic rings. The molecule has 0 aliphatic carbocycles. The lowest BCUT2D eigenvalue weighted by atomic mass is 10.1. The van der Waals surface area contributed by atoms with E-state index in [0.29, 0.717) is 12.1 Å². The minimum atomic E-state index is 0.0622. The van der Waals surface area contributed by atoms with Crippen molar-refractivity contribution in [2.24, 2.45) is 0 Å². The second-order valence-electron chi connectivity index (χ2n) is 3.79. The second-order valence-corrected chi connectivity index (χ2v) is 3.79. The maximum absolute atomic E-state index is 10.3. The second kappa shape index (κ2) is 4.80. The van der Waals surface area contributed by atoms with Gasteiger partial charge in [0.2, 0.25) is 0 Å². The molecule has 0 amide bonds. The van der Waals surface area contributed by atoms with Crippen molar-refractivity contribution < 1.29 is 5.11 Å². The van der Waals surface area contributed by atoms with Crippen molar-refractivity contribution in [3.05, 3.63) is 0 Å². The summed E-state index contributed by atoms with van der Waals surface area (Å²) in [4.78, 5) is 2.38. The number of nitrogens with one attached hydrogen (secondary N) is 1. The van der Waals surface area contributed by atoms with Crippen LogP contribution < -0.4 is 5.32 Å². The van der Waals surface area contributed by atoms with Crippen LogP contribution in [0.15, 0.2) is 0 Å². The van der Waals surface area contributed by atoms with Crippen LogP contribution >= 0.6 is 0 Å². The summed E-state index contributed by atoms with van der Waals surface area (Å²) >= 11 is 0. The summed E-state index contributed by atoms with van der Waals surface area (Å²) in [5.74, 6) is 0. The Labute approximate surface area is 74.8 Å². The third-order valence-corrected chi connectivity index (χ3v) is 2.25. The summed E-state index contributed by atoms with van der Waals surface area (Å²) in [6.07, 6.45) is 0.791. The van der Waals surface area contributed by atoms with Gasteiger partial charge in [0.15, 0.2) is 0 Å². The van der Waals surface area contributed by atoms with Crippen LogP contribution in [0.3, 0.4) is 0 Å². The Balaban J connectivity index is 2.24. The van der Waals surface area contributed by atoms with Crippen LogP contribution in [0.2, 0.25) is 0 Å². The van der Waals surface area contributed by atoms with E-state index in [1.54, 1.807) is 0 Å². The highest BCUT2D eigenvalue weighted by atomic mass is 16.3.